The molecule has 25 heavy (non-hydrogen) atoms. The third-order valence-corrected chi connectivity index (χ3v) is 6.33. The van der Waals surface area contributed by atoms with E-state index < -0.39 is 0 Å². The normalized spacial score (nSPS) is 33.9. The maximum absolute atomic E-state index is 12.9. The van der Waals surface area contributed by atoms with Gasteiger partial charge >= 0.3 is 0 Å². The van der Waals surface area contributed by atoms with Gasteiger partial charge in [-0.25, -0.2) is 4.98 Å². The second-order valence-corrected chi connectivity index (χ2v) is 8.74. The molecule has 2 aliphatic heterocycles. The van der Waals surface area contributed by atoms with E-state index in [0.29, 0.717) is 24.5 Å². The molecule has 1 saturated carbocycles. The number of piperidine rings is 1. The van der Waals surface area contributed by atoms with Crippen LogP contribution in [0.1, 0.15) is 36.9 Å². The van der Waals surface area contributed by atoms with E-state index in [0.717, 1.165) is 54.8 Å². The molecule has 1 saturated heterocycles. The standard InChI is InChI=1S/C19H26BrN3O2/c1-23-6-2-3-7-25-11-13-4-5-18(20)22-14(13)8-16(24)15-9-19(12-23)10-17(19)21-15/h4-5,15,17,21H,2-3,6-12H2,1H3/t15-,17+,19-/m0/s1. The molecule has 2 bridgehead atoms. The molecule has 1 aromatic heterocycles. The average molecular weight is 408 g/mol. The maximum Gasteiger partial charge on any atom is 0.155 e. The summed E-state index contributed by atoms with van der Waals surface area (Å²) < 4.78 is 6.61. The first-order valence-electron chi connectivity index (χ1n) is 9.25. The van der Waals surface area contributed by atoms with Crippen molar-refractivity contribution in [3.63, 3.8) is 0 Å². The van der Waals surface area contributed by atoms with Gasteiger partial charge in [0, 0.05) is 24.6 Å². The highest BCUT2D eigenvalue weighted by Gasteiger charge is 2.61. The smallest absolute Gasteiger partial charge is 0.155 e. The fourth-order valence-electron chi connectivity index (χ4n) is 4.42. The van der Waals surface area contributed by atoms with Crippen LogP contribution in [0, 0.1) is 5.41 Å². The first-order chi connectivity index (χ1) is 12.1. The predicted octanol–water partition coefficient (Wildman–Crippen LogP) is 2.32. The van der Waals surface area contributed by atoms with Gasteiger partial charge in [0.15, 0.2) is 5.78 Å². The number of ether oxygens (including phenoxy) is 1. The molecule has 3 aliphatic rings. The van der Waals surface area contributed by atoms with E-state index in [2.05, 4.69) is 38.2 Å². The number of fused-ring (bicyclic) bond motifs is 2. The highest BCUT2D eigenvalue weighted by atomic mass is 79.9. The maximum atomic E-state index is 12.9. The summed E-state index contributed by atoms with van der Waals surface area (Å²) in [6.07, 6.45) is 4.79. The summed E-state index contributed by atoms with van der Waals surface area (Å²) in [5.41, 5.74) is 2.20. The average Bonchev–Trinajstić information content (AvgIpc) is 3.10. The molecule has 0 aromatic carbocycles. The number of halogens is 1. The second-order valence-electron chi connectivity index (χ2n) is 7.92. The fourth-order valence-corrected chi connectivity index (χ4v) is 4.77. The number of hydrogen-bond acceptors (Lipinski definition) is 5. The van der Waals surface area contributed by atoms with Gasteiger partial charge in [0.05, 0.1) is 24.8 Å². The van der Waals surface area contributed by atoms with Crippen molar-refractivity contribution < 1.29 is 9.53 Å². The molecular weight excluding hydrogens is 382 g/mol. The molecule has 1 spiro atoms. The van der Waals surface area contributed by atoms with Gasteiger partial charge in [0.1, 0.15) is 4.60 Å². The SMILES string of the molecule is CN1CCCCOCc2ccc(Br)nc2CC(=O)[C@@H]2C[C@]3(C[C@H]3N2)C1. The molecule has 0 radical (unpaired) electrons. The molecule has 5 nitrogen and oxygen atoms in total. The topological polar surface area (TPSA) is 54.5 Å². The summed E-state index contributed by atoms with van der Waals surface area (Å²) in [5, 5.41) is 3.57. The van der Waals surface area contributed by atoms with Crippen molar-refractivity contribution in [1.29, 1.82) is 0 Å². The number of carbonyl (C=O) groups excluding carboxylic acids is 1. The molecule has 0 amide bonds. The lowest BCUT2D eigenvalue weighted by atomic mass is 9.94. The number of ketones is 1. The Morgan fingerprint density at radius 1 is 1.36 bits per heavy atom. The van der Waals surface area contributed by atoms with Crippen LogP contribution >= 0.6 is 15.9 Å². The van der Waals surface area contributed by atoms with E-state index in [4.69, 9.17) is 4.74 Å². The number of rotatable bonds is 0. The Bertz CT molecular complexity index is 668. The highest BCUT2D eigenvalue weighted by molar-refractivity contribution is 9.10. The molecule has 136 valence electrons. The first kappa shape index (κ1) is 17.6. The highest BCUT2D eigenvalue weighted by Crippen LogP contribution is 2.55. The van der Waals surface area contributed by atoms with Gasteiger partial charge in [-0.15, -0.1) is 0 Å². The third-order valence-electron chi connectivity index (χ3n) is 5.89. The largest absolute Gasteiger partial charge is 0.377 e. The molecular formula is C19H26BrN3O2. The van der Waals surface area contributed by atoms with Crippen molar-refractivity contribution in [2.24, 2.45) is 5.41 Å². The van der Waals surface area contributed by atoms with Crippen LogP contribution in [0.3, 0.4) is 0 Å². The molecule has 4 rings (SSSR count). The van der Waals surface area contributed by atoms with Crippen LogP contribution < -0.4 is 5.32 Å². The van der Waals surface area contributed by atoms with Gasteiger partial charge in [-0.1, -0.05) is 6.07 Å². The van der Waals surface area contributed by atoms with Gasteiger partial charge in [-0.05, 0) is 66.8 Å². The number of pyridine rings is 1. The zero-order chi connectivity index (χ0) is 17.4. The van der Waals surface area contributed by atoms with Crippen LogP contribution in [-0.4, -0.2) is 54.5 Å². The van der Waals surface area contributed by atoms with Gasteiger partial charge in [0.2, 0.25) is 0 Å². The number of hydrogen-bond donors (Lipinski definition) is 1. The number of carbonyl (C=O) groups is 1. The van der Waals surface area contributed by atoms with Gasteiger partial charge in [-0.2, -0.15) is 0 Å². The Morgan fingerprint density at radius 3 is 3.12 bits per heavy atom. The number of nitrogens with zero attached hydrogens (tertiary/aromatic N) is 2. The van der Waals surface area contributed by atoms with Crippen LogP contribution in [-0.2, 0) is 22.6 Å². The minimum Gasteiger partial charge on any atom is -0.377 e. The minimum absolute atomic E-state index is 0.0215. The molecule has 6 heteroatoms. The van der Waals surface area contributed by atoms with E-state index in [1.165, 1.54) is 6.42 Å². The Kier molecular flexibility index (Phi) is 4.97. The number of Topliss-reactive ketones (excluding diaryl/α,β-unsaturated/α-hetero) is 1. The van der Waals surface area contributed by atoms with Crippen molar-refractivity contribution in [3.05, 3.63) is 28.0 Å². The second kappa shape index (κ2) is 7.06. The lowest BCUT2D eigenvalue weighted by molar-refractivity contribution is -0.120. The van der Waals surface area contributed by atoms with E-state index in [1.54, 1.807) is 0 Å². The first-order valence-corrected chi connectivity index (χ1v) is 10.0. The summed E-state index contributed by atoms with van der Waals surface area (Å²) >= 11 is 3.43. The molecule has 1 aromatic rings. The monoisotopic (exact) mass is 407 g/mol. The summed E-state index contributed by atoms with van der Waals surface area (Å²) in [6.45, 7) is 3.48. The van der Waals surface area contributed by atoms with E-state index in [-0.39, 0.29) is 11.8 Å². The van der Waals surface area contributed by atoms with Crippen molar-refractivity contribution in [1.82, 2.24) is 15.2 Å². The van der Waals surface area contributed by atoms with E-state index in [1.807, 2.05) is 12.1 Å². The molecule has 3 atom stereocenters. The Morgan fingerprint density at radius 2 is 2.24 bits per heavy atom. The van der Waals surface area contributed by atoms with Crippen molar-refractivity contribution in [2.45, 2.75) is 50.8 Å². The van der Waals surface area contributed by atoms with Crippen LogP contribution in [0.5, 0.6) is 0 Å². The quantitative estimate of drug-likeness (QED) is 0.668. The molecule has 1 N–H and O–H groups in total. The zero-order valence-electron chi connectivity index (χ0n) is 14.8. The van der Waals surface area contributed by atoms with Crippen LogP contribution in [0.2, 0.25) is 0 Å². The summed E-state index contributed by atoms with van der Waals surface area (Å²) in [5.74, 6) is 0.260. The lowest BCUT2D eigenvalue weighted by Crippen LogP contribution is -2.35. The van der Waals surface area contributed by atoms with Crippen LogP contribution in [0.15, 0.2) is 16.7 Å². The number of nitrogens with one attached hydrogen (secondary N) is 1. The molecule has 3 heterocycles. The van der Waals surface area contributed by atoms with Gasteiger partial charge < -0.3 is 15.0 Å². The zero-order valence-corrected chi connectivity index (χ0v) is 16.3. The van der Waals surface area contributed by atoms with Crippen LogP contribution in [0.25, 0.3) is 0 Å². The van der Waals surface area contributed by atoms with Gasteiger partial charge in [0.25, 0.3) is 0 Å². The fraction of sp³-hybridized carbons (Fsp3) is 0.684. The van der Waals surface area contributed by atoms with Crippen molar-refractivity contribution in [2.75, 3.05) is 26.7 Å². The Balaban J connectivity index is 1.54. The van der Waals surface area contributed by atoms with Crippen LogP contribution in [0.4, 0.5) is 0 Å². The lowest BCUT2D eigenvalue weighted by Gasteiger charge is -2.22. The summed E-state index contributed by atoms with van der Waals surface area (Å²) in [6, 6.07) is 4.45. The third kappa shape index (κ3) is 3.82. The van der Waals surface area contributed by atoms with Gasteiger partial charge in [-0.3, -0.25) is 4.79 Å². The minimum atomic E-state index is -0.0215. The van der Waals surface area contributed by atoms with Crippen molar-refractivity contribution >= 4 is 21.7 Å². The number of aromatic nitrogens is 1. The Hall–Kier alpha value is -0.820. The van der Waals surface area contributed by atoms with E-state index in [9.17, 15) is 4.79 Å². The Labute approximate surface area is 157 Å². The van der Waals surface area contributed by atoms with Crippen molar-refractivity contribution in [3.8, 4) is 0 Å². The molecule has 2 fully saturated rings. The molecule has 1 aliphatic carbocycles. The van der Waals surface area contributed by atoms with E-state index >= 15 is 0 Å². The summed E-state index contributed by atoms with van der Waals surface area (Å²) in [7, 11) is 2.20. The molecule has 0 unspecified atom stereocenters. The predicted molar refractivity (Wildman–Crippen MR) is 99.4 cm³/mol. The summed E-state index contributed by atoms with van der Waals surface area (Å²) in [4.78, 5) is 19.8.